The first kappa shape index (κ1) is 13.6. The summed E-state index contributed by atoms with van der Waals surface area (Å²) in [7, 11) is -1.36. The van der Waals surface area contributed by atoms with Gasteiger partial charge in [-0.2, -0.15) is 0 Å². The highest BCUT2D eigenvalue weighted by Crippen LogP contribution is 2.16. The predicted molar refractivity (Wildman–Crippen MR) is 57.4 cm³/mol. The van der Waals surface area contributed by atoms with E-state index in [1.54, 1.807) is 34.6 Å². The van der Waals surface area contributed by atoms with Gasteiger partial charge in [0.1, 0.15) is 5.54 Å². The van der Waals surface area contributed by atoms with E-state index < -0.39 is 27.2 Å². The molecule has 84 valence electrons. The smallest absolute Gasteiger partial charge is 0.324 e. The zero-order valence-electron chi connectivity index (χ0n) is 9.38. The summed E-state index contributed by atoms with van der Waals surface area (Å²) < 4.78 is 13.9. The number of rotatable bonds is 4. The average molecular weight is 221 g/mol. The number of nitrogens with one attached hydrogen (secondary N) is 1. The Hall–Kier alpha value is -0.420. The molecular formula is C9H19NO3S. The Labute approximate surface area is 87.7 Å². The van der Waals surface area contributed by atoms with Crippen molar-refractivity contribution in [3.05, 3.63) is 0 Å². The van der Waals surface area contributed by atoms with Gasteiger partial charge in [-0.1, -0.05) is 6.92 Å². The van der Waals surface area contributed by atoms with Crippen LogP contribution in [0.5, 0.6) is 0 Å². The van der Waals surface area contributed by atoms with Gasteiger partial charge in [-0.05, 0) is 34.1 Å². The molecule has 0 aromatic carbocycles. The molecule has 0 saturated heterocycles. The third kappa shape index (κ3) is 3.38. The van der Waals surface area contributed by atoms with Gasteiger partial charge in [-0.25, -0.2) is 8.93 Å². The van der Waals surface area contributed by atoms with Crippen LogP contribution < -0.4 is 4.72 Å². The fourth-order valence-electron chi connectivity index (χ4n) is 0.625. The number of hydrogen-bond acceptors (Lipinski definition) is 2. The van der Waals surface area contributed by atoms with E-state index in [2.05, 4.69) is 4.72 Å². The van der Waals surface area contributed by atoms with Gasteiger partial charge in [0.2, 0.25) is 0 Å². The minimum absolute atomic E-state index is 0.393. The van der Waals surface area contributed by atoms with Gasteiger partial charge in [0.05, 0.1) is 15.7 Å². The topological polar surface area (TPSA) is 66.4 Å². The number of carbonyl (C=O) groups is 1. The van der Waals surface area contributed by atoms with E-state index in [9.17, 15) is 9.00 Å². The third-order valence-corrected chi connectivity index (χ3v) is 3.80. The minimum atomic E-state index is -1.36. The summed E-state index contributed by atoms with van der Waals surface area (Å²) in [5.41, 5.74) is -1.11. The monoisotopic (exact) mass is 221 g/mol. The van der Waals surface area contributed by atoms with Crippen molar-refractivity contribution in [2.45, 2.75) is 51.3 Å². The van der Waals surface area contributed by atoms with Crippen LogP contribution in [0.4, 0.5) is 0 Å². The molecule has 0 heterocycles. The third-order valence-electron chi connectivity index (χ3n) is 2.05. The van der Waals surface area contributed by atoms with Gasteiger partial charge in [-0.3, -0.25) is 4.79 Å². The molecule has 0 fully saturated rings. The normalized spacial score (nSPS) is 18.6. The molecule has 5 heteroatoms. The first-order valence-electron chi connectivity index (χ1n) is 4.56. The van der Waals surface area contributed by atoms with E-state index in [1.807, 2.05) is 0 Å². The van der Waals surface area contributed by atoms with Crippen molar-refractivity contribution in [1.29, 1.82) is 0 Å². The van der Waals surface area contributed by atoms with E-state index in [1.165, 1.54) is 0 Å². The molecule has 0 radical (unpaired) electrons. The summed E-state index contributed by atoms with van der Waals surface area (Å²) in [6, 6.07) is 0. The molecule has 0 spiro atoms. The molecule has 0 rings (SSSR count). The molecule has 2 atom stereocenters. The Morgan fingerprint density at radius 2 is 1.79 bits per heavy atom. The summed E-state index contributed by atoms with van der Waals surface area (Å²) in [4.78, 5) is 10.9. The molecule has 0 aromatic heterocycles. The maximum atomic E-state index is 11.7. The van der Waals surface area contributed by atoms with Crippen molar-refractivity contribution < 1.29 is 14.1 Å². The van der Waals surface area contributed by atoms with E-state index in [0.29, 0.717) is 6.42 Å². The van der Waals surface area contributed by atoms with E-state index in [4.69, 9.17) is 5.11 Å². The van der Waals surface area contributed by atoms with Gasteiger partial charge in [-0.15, -0.1) is 0 Å². The average Bonchev–Trinajstić information content (AvgIpc) is 2.02. The lowest BCUT2D eigenvalue weighted by Gasteiger charge is -2.28. The van der Waals surface area contributed by atoms with Gasteiger partial charge in [0.15, 0.2) is 0 Å². The van der Waals surface area contributed by atoms with Gasteiger partial charge < -0.3 is 5.11 Å². The Kier molecular flexibility index (Phi) is 4.27. The largest absolute Gasteiger partial charge is 0.480 e. The first-order chi connectivity index (χ1) is 6.13. The standard InChI is InChI=1S/C9H19NO3S/c1-6-9(5,7(11)12)10-14(13)8(2,3)4/h10H,6H2,1-5H3,(H,11,12)/t9-,14?/m1/s1. The predicted octanol–water partition coefficient (Wildman–Crippen LogP) is 1.29. The zero-order chi connectivity index (χ0) is 11.6. The summed E-state index contributed by atoms with van der Waals surface area (Å²) in [6.07, 6.45) is 0.393. The Bertz CT molecular complexity index is 247. The van der Waals surface area contributed by atoms with Crippen LogP contribution in [-0.4, -0.2) is 25.6 Å². The number of carboxylic acid groups (broad SMARTS) is 1. The summed E-state index contributed by atoms with van der Waals surface area (Å²) >= 11 is 0. The number of hydrogen-bond donors (Lipinski definition) is 2. The Morgan fingerprint density at radius 3 is 2.00 bits per heavy atom. The molecule has 2 N–H and O–H groups in total. The second-order valence-corrected chi connectivity index (χ2v) is 6.44. The van der Waals surface area contributed by atoms with E-state index in [0.717, 1.165) is 0 Å². The van der Waals surface area contributed by atoms with Crippen LogP contribution >= 0.6 is 0 Å². The zero-order valence-corrected chi connectivity index (χ0v) is 10.2. The molecule has 0 saturated carbocycles. The van der Waals surface area contributed by atoms with Crippen LogP contribution in [0.1, 0.15) is 41.0 Å². The van der Waals surface area contributed by atoms with Gasteiger partial charge in [0.25, 0.3) is 0 Å². The molecule has 0 aliphatic heterocycles. The van der Waals surface area contributed by atoms with Crippen LogP contribution in [0, 0.1) is 0 Å². The second kappa shape index (κ2) is 4.40. The molecule has 0 aliphatic rings. The first-order valence-corrected chi connectivity index (χ1v) is 5.71. The van der Waals surface area contributed by atoms with Crippen molar-refractivity contribution in [3.8, 4) is 0 Å². The number of aliphatic carboxylic acids is 1. The molecule has 4 nitrogen and oxygen atoms in total. The van der Waals surface area contributed by atoms with E-state index in [-0.39, 0.29) is 0 Å². The molecule has 0 amide bonds. The maximum Gasteiger partial charge on any atom is 0.324 e. The summed E-state index contributed by atoms with van der Waals surface area (Å²) in [5, 5.41) is 8.95. The lowest BCUT2D eigenvalue weighted by molar-refractivity contribution is -0.143. The number of carboxylic acids is 1. The maximum absolute atomic E-state index is 11.7. The highest BCUT2D eigenvalue weighted by atomic mass is 32.2. The minimum Gasteiger partial charge on any atom is -0.480 e. The van der Waals surface area contributed by atoms with Crippen molar-refractivity contribution in [3.63, 3.8) is 0 Å². The lowest BCUT2D eigenvalue weighted by atomic mass is 10.0. The Balaban J connectivity index is 4.65. The highest BCUT2D eigenvalue weighted by Gasteiger charge is 2.35. The van der Waals surface area contributed by atoms with Gasteiger partial charge >= 0.3 is 5.97 Å². The summed E-state index contributed by atoms with van der Waals surface area (Å²) in [5.74, 6) is -0.974. The summed E-state index contributed by atoms with van der Waals surface area (Å²) in [6.45, 7) is 8.69. The Morgan fingerprint density at radius 1 is 1.36 bits per heavy atom. The van der Waals surface area contributed by atoms with Gasteiger partial charge in [0, 0.05) is 0 Å². The van der Waals surface area contributed by atoms with Crippen LogP contribution in [0.3, 0.4) is 0 Å². The molecule has 1 unspecified atom stereocenters. The molecule has 14 heavy (non-hydrogen) atoms. The van der Waals surface area contributed by atoms with Crippen LogP contribution in [0.25, 0.3) is 0 Å². The van der Waals surface area contributed by atoms with Crippen molar-refractivity contribution in [2.24, 2.45) is 0 Å². The fourth-order valence-corrected chi connectivity index (χ4v) is 1.57. The quantitative estimate of drug-likeness (QED) is 0.751. The highest BCUT2D eigenvalue weighted by molar-refractivity contribution is 7.84. The van der Waals surface area contributed by atoms with Crippen molar-refractivity contribution in [2.75, 3.05) is 0 Å². The molecule has 0 aromatic rings. The van der Waals surface area contributed by atoms with Crippen LogP contribution in [0.15, 0.2) is 0 Å². The SMILES string of the molecule is CC[C@@](C)(NS(=O)C(C)(C)C)C(=O)O. The lowest BCUT2D eigenvalue weighted by Crippen LogP contribution is -2.53. The molecular weight excluding hydrogens is 202 g/mol. The van der Waals surface area contributed by atoms with Crippen LogP contribution in [-0.2, 0) is 15.8 Å². The van der Waals surface area contributed by atoms with E-state index >= 15 is 0 Å². The fraction of sp³-hybridized carbons (Fsp3) is 0.889. The molecule has 0 bridgehead atoms. The van der Waals surface area contributed by atoms with Crippen molar-refractivity contribution >= 4 is 17.0 Å². The second-order valence-electron chi connectivity index (χ2n) is 4.47. The molecule has 0 aliphatic carbocycles. The van der Waals surface area contributed by atoms with Crippen LogP contribution in [0.2, 0.25) is 0 Å². The van der Waals surface area contributed by atoms with Crippen molar-refractivity contribution in [1.82, 2.24) is 4.72 Å².